The van der Waals surface area contributed by atoms with Crippen LogP contribution in [0, 0.1) is 5.82 Å². The molecule has 0 spiro atoms. The predicted molar refractivity (Wildman–Crippen MR) is 86.8 cm³/mol. The van der Waals surface area contributed by atoms with E-state index in [2.05, 4.69) is 46.4 Å². The van der Waals surface area contributed by atoms with E-state index in [1.807, 2.05) is 23.0 Å². The molecule has 0 saturated carbocycles. The highest BCUT2D eigenvalue weighted by Crippen LogP contribution is 2.26. The Kier molecular flexibility index (Phi) is 5.94. The van der Waals surface area contributed by atoms with Gasteiger partial charge < -0.3 is 5.32 Å². The van der Waals surface area contributed by atoms with Gasteiger partial charge >= 0.3 is 0 Å². The van der Waals surface area contributed by atoms with Gasteiger partial charge in [0.05, 0.1) is 16.7 Å². The standard InChI is InChI=1S/C16H21BrFN3/c1-3-7-19-16(12-5-6-15(18)14(17)9-12)13-10-20-21(11-13)8-4-2/h5-6,9-11,16,19H,3-4,7-8H2,1-2H3. The Morgan fingerprint density at radius 2 is 2.10 bits per heavy atom. The minimum atomic E-state index is -0.241. The molecule has 3 nitrogen and oxygen atoms in total. The fraction of sp³-hybridized carbons (Fsp3) is 0.438. The van der Waals surface area contributed by atoms with Crippen LogP contribution in [-0.4, -0.2) is 16.3 Å². The Morgan fingerprint density at radius 1 is 1.29 bits per heavy atom. The number of aryl methyl sites for hydroxylation is 1. The van der Waals surface area contributed by atoms with Crippen LogP contribution >= 0.6 is 15.9 Å². The van der Waals surface area contributed by atoms with Crippen molar-refractivity contribution in [2.45, 2.75) is 39.3 Å². The van der Waals surface area contributed by atoms with Crippen molar-refractivity contribution >= 4 is 15.9 Å². The van der Waals surface area contributed by atoms with Gasteiger partial charge in [0.1, 0.15) is 5.82 Å². The number of rotatable bonds is 7. The maximum absolute atomic E-state index is 13.4. The first kappa shape index (κ1) is 16.2. The highest BCUT2D eigenvalue weighted by Gasteiger charge is 2.16. The number of aromatic nitrogens is 2. The molecule has 0 fully saturated rings. The number of halogens is 2. The topological polar surface area (TPSA) is 29.9 Å². The molecule has 1 aromatic carbocycles. The molecule has 2 rings (SSSR count). The second-order valence-electron chi connectivity index (χ2n) is 5.10. The van der Waals surface area contributed by atoms with E-state index in [0.29, 0.717) is 4.47 Å². The van der Waals surface area contributed by atoms with Crippen molar-refractivity contribution in [2.24, 2.45) is 0 Å². The Bertz CT molecular complexity index is 583. The van der Waals surface area contributed by atoms with Crippen LogP contribution < -0.4 is 5.32 Å². The second-order valence-corrected chi connectivity index (χ2v) is 5.95. The monoisotopic (exact) mass is 353 g/mol. The third-order valence-electron chi connectivity index (χ3n) is 3.31. The molecule has 0 radical (unpaired) electrons. The van der Waals surface area contributed by atoms with Gasteiger partial charge in [-0.25, -0.2) is 4.39 Å². The molecule has 2 aromatic rings. The summed E-state index contributed by atoms with van der Waals surface area (Å²) in [5, 5.41) is 7.90. The fourth-order valence-electron chi connectivity index (χ4n) is 2.29. The highest BCUT2D eigenvalue weighted by atomic mass is 79.9. The van der Waals surface area contributed by atoms with Crippen LogP contribution in [0.4, 0.5) is 4.39 Å². The SMILES string of the molecule is CCCNC(c1ccc(F)c(Br)c1)c1cnn(CCC)c1. The Hall–Kier alpha value is -1.20. The van der Waals surface area contributed by atoms with Crippen LogP contribution in [0.3, 0.4) is 0 Å². The molecule has 1 unspecified atom stereocenters. The van der Waals surface area contributed by atoms with Gasteiger partial charge in [-0.05, 0) is 53.0 Å². The maximum atomic E-state index is 13.4. The lowest BCUT2D eigenvalue weighted by atomic mass is 10.0. The molecule has 21 heavy (non-hydrogen) atoms. The molecular formula is C16H21BrFN3. The van der Waals surface area contributed by atoms with E-state index < -0.39 is 0 Å². The number of benzene rings is 1. The Balaban J connectivity index is 2.29. The van der Waals surface area contributed by atoms with Gasteiger partial charge in [0.2, 0.25) is 0 Å². The molecule has 1 N–H and O–H groups in total. The zero-order valence-corrected chi connectivity index (χ0v) is 14.0. The van der Waals surface area contributed by atoms with Gasteiger partial charge in [0.25, 0.3) is 0 Å². The molecule has 5 heteroatoms. The average Bonchev–Trinajstić information content (AvgIpc) is 2.92. The van der Waals surface area contributed by atoms with E-state index in [1.54, 1.807) is 0 Å². The third-order valence-corrected chi connectivity index (χ3v) is 3.92. The average molecular weight is 354 g/mol. The smallest absolute Gasteiger partial charge is 0.137 e. The van der Waals surface area contributed by atoms with E-state index in [1.165, 1.54) is 6.07 Å². The number of hydrogen-bond donors (Lipinski definition) is 1. The molecule has 1 atom stereocenters. The molecular weight excluding hydrogens is 333 g/mol. The number of hydrogen-bond acceptors (Lipinski definition) is 2. The quantitative estimate of drug-likeness (QED) is 0.804. The van der Waals surface area contributed by atoms with Crippen molar-refractivity contribution in [3.63, 3.8) is 0 Å². The Labute approximate surface area is 133 Å². The summed E-state index contributed by atoms with van der Waals surface area (Å²) in [5.41, 5.74) is 2.14. The van der Waals surface area contributed by atoms with E-state index in [9.17, 15) is 4.39 Å². The molecule has 0 saturated heterocycles. The van der Waals surface area contributed by atoms with Crippen molar-refractivity contribution in [2.75, 3.05) is 6.54 Å². The minimum Gasteiger partial charge on any atom is -0.306 e. The molecule has 0 aliphatic rings. The van der Waals surface area contributed by atoms with Crippen LogP contribution in [-0.2, 0) is 6.54 Å². The summed E-state index contributed by atoms with van der Waals surface area (Å²) in [7, 11) is 0. The summed E-state index contributed by atoms with van der Waals surface area (Å²) < 4.78 is 15.9. The first-order valence-corrected chi connectivity index (χ1v) is 8.15. The van der Waals surface area contributed by atoms with Gasteiger partial charge in [-0.1, -0.05) is 19.9 Å². The predicted octanol–water partition coefficient (Wildman–Crippen LogP) is 4.28. The van der Waals surface area contributed by atoms with Crippen molar-refractivity contribution in [1.82, 2.24) is 15.1 Å². The van der Waals surface area contributed by atoms with Crippen LogP contribution in [0.25, 0.3) is 0 Å². The first-order valence-electron chi connectivity index (χ1n) is 7.36. The minimum absolute atomic E-state index is 0.0347. The zero-order chi connectivity index (χ0) is 15.2. The van der Waals surface area contributed by atoms with Gasteiger partial charge in [0.15, 0.2) is 0 Å². The summed E-state index contributed by atoms with van der Waals surface area (Å²) in [5.74, 6) is -0.241. The van der Waals surface area contributed by atoms with Crippen LogP contribution in [0.2, 0.25) is 0 Å². The van der Waals surface area contributed by atoms with Gasteiger partial charge in [-0.15, -0.1) is 0 Å². The molecule has 0 amide bonds. The molecule has 114 valence electrons. The van der Waals surface area contributed by atoms with Gasteiger partial charge in [0, 0.05) is 18.3 Å². The lowest BCUT2D eigenvalue weighted by molar-refractivity contribution is 0.584. The highest BCUT2D eigenvalue weighted by molar-refractivity contribution is 9.10. The molecule has 0 bridgehead atoms. The second kappa shape index (κ2) is 7.71. The van der Waals surface area contributed by atoms with E-state index in [0.717, 1.165) is 37.1 Å². The lowest BCUT2D eigenvalue weighted by Crippen LogP contribution is -2.23. The van der Waals surface area contributed by atoms with Gasteiger partial charge in [-0.3, -0.25) is 4.68 Å². The summed E-state index contributed by atoms with van der Waals surface area (Å²) in [6, 6.07) is 5.19. The molecule has 1 heterocycles. The maximum Gasteiger partial charge on any atom is 0.137 e. The number of nitrogens with one attached hydrogen (secondary N) is 1. The summed E-state index contributed by atoms with van der Waals surface area (Å²) in [6.07, 6.45) is 6.05. The van der Waals surface area contributed by atoms with Crippen LogP contribution in [0.15, 0.2) is 35.1 Å². The number of nitrogens with zero attached hydrogens (tertiary/aromatic N) is 2. The molecule has 0 aliphatic carbocycles. The Morgan fingerprint density at radius 3 is 2.76 bits per heavy atom. The molecule has 1 aromatic heterocycles. The van der Waals surface area contributed by atoms with Crippen molar-refractivity contribution < 1.29 is 4.39 Å². The fourth-order valence-corrected chi connectivity index (χ4v) is 2.69. The first-order chi connectivity index (χ1) is 10.2. The van der Waals surface area contributed by atoms with Crippen LogP contribution in [0.1, 0.15) is 43.9 Å². The van der Waals surface area contributed by atoms with E-state index in [4.69, 9.17) is 0 Å². The third kappa shape index (κ3) is 4.14. The molecule has 0 aliphatic heterocycles. The van der Waals surface area contributed by atoms with Crippen molar-refractivity contribution in [3.05, 3.63) is 52.0 Å². The lowest BCUT2D eigenvalue weighted by Gasteiger charge is -2.18. The normalized spacial score (nSPS) is 12.6. The summed E-state index contributed by atoms with van der Waals surface area (Å²) in [4.78, 5) is 0. The van der Waals surface area contributed by atoms with Crippen molar-refractivity contribution in [1.29, 1.82) is 0 Å². The van der Waals surface area contributed by atoms with Gasteiger partial charge in [-0.2, -0.15) is 5.10 Å². The largest absolute Gasteiger partial charge is 0.306 e. The van der Waals surface area contributed by atoms with E-state index >= 15 is 0 Å². The summed E-state index contributed by atoms with van der Waals surface area (Å²) >= 11 is 3.26. The van der Waals surface area contributed by atoms with Crippen molar-refractivity contribution in [3.8, 4) is 0 Å². The summed E-state index contributed by atoms with van der Waals surface area (Å²) in [6.45, 7) is 6.07. The zero-order valence-electron chi connectivity index (χ0n) is 12.4. The van der Waals surface area contributed by atoms with E-state index in [-0.39, 0.29) is 11.9 Å². The van der Waals surface area contributed by atoms with Crippen LogP contribution in [0.5, 0.6) is 0 Å².